The Bertz CT molecular complexity index is 975. The van der Waals surface area contributed by atoms with Gasteiger partial charge in [0.1, 0.15) is 0 Å². The molecule has 0 radical (unpaired) electrons. The minimum absolute atomic E-state index is 0.744. The van der Waals surface area contributed by atoms with E-state index in [9.17, 15) is 0 Å². The number of ether oxygens (including phenoxy) is 1. The summed E-state index contributed by atoms with van der Waals surface area (Å²) in [5, 5.41) is 7.88. The number of hydrogen-bond donors (Lipinski definition) is 1. The van der Waals surface area contributed by atoms with Gasteiger partial charge in [0.05, 0.1) is 19.5 Å². The van der Waals surface area contributed by atoms with Crippen LogP contribution in [0, 0.1) is 5.92 Å². The molecular weight excluding hydrogens is 376 g/mol. The minimum Gasteiger partial charge on any atom is -0.491 e. The second-order valence-electron chi connectivity index (χ2n) is 8.13. The number of fused-ring (bicyclic) bond motifs is 1. The van der Waals surface area contributed by atoms with E-state index in [4.69, 9.17) is 9.72 Å². The molecule has 2 fully saturated rings. The highest BCUT2D eigenvalue weighted by atomic mass is 16.5. The van der Waals surface area contributed by atoms with Gasteiger partial charge in [-0.15, -0.1) is 0 Å². The average Bonchev–Trinajstić information content (AvgIpc) is 3.47. The van der Waals surface area contributed by atoms with Gasteiger partial charge in [-0.1, -0.05) is 39.2 Å². The van der Waals surface area contributed by atoms with E-state index in [-0.39, 0.29) is 0 Å². The fourth-order valence-electron chi connectivity index (χ4n) is 3.61. The molecule has 3 aromatic heterocycles. The molecule has 7 heteroatoms. The first-order valence-corrected chi connectivity index (χ1v) is 11.0. The summed E-state index contributed by atoms with van der Waals surface area (Å²) in [5.74, 6) is 2.71. The maximum atomic E-state index is 5.59. The van der Waals surface area contributed by atoms with Crippen LogP contribution in [0.15, 0.2) is 30.7 Å². The van der Waals surface area contributed by atoms with E-state index in [2.05, 4.69) is 40.2 Å². The molecule has 0 spiro atoms. The van der Waals surface area contributed by atoms with Crippen molar-refractivity contribution in [2.45, 2.75) is 39.5 Å². The molecule has 0 atom stereocenters. The van der Waals surface area contributed by atoms with Crippen molar-refractivity contribution in [2.75, 3.05) is 38.2 Å². The van der Waals surface area contributed by atoms with E-state index in [1.54, 1.807) is 11.6 Å². The van der Waals surface area contributed by atoms with Crippen LogP contribution in [0.3, 0.4) is 0 Å². The van der Waals surface area contributed by atoms with E-state index in [1.807, 2.05) is 24.7 Å². The molecule has 3 aromatic rings. The third-order valence-electron chi connectivity index (χ3n) is 5.61. The average molecular weight is 409 g/mol. The number of nitrogens with one attached hydrogen (secondary N) is 1. The lowest BCUT2D eigenvalue weighted by Crippen LogP contribution is -2.44. The van der Waals surface area contributed by atoms with Gasteiger partial charge in [0.2, 0.25) is 0 Å². The van der Waals surface area contributed by atoms with Gasteiger partial charge in [-0.3, -0.25) is 4.98 Å². The third kappa shape index (κ3) is 4.56. The first-order valence-electron chi connectivity index (χ1n) is 11.0. The van der Waals surface area contributed by atoms with Crippen molar-refractivity contribution < 1.29 is 4.74 Å². The number of nitrogens with zero attached hydrogens (tertiary/aromatic N) is 5. The summed E-state index contributed by atoms with van der Waals surface area (Å²) in [4.78, 5) is 11.8. The first-order chi connectivity index (χ1) is 14.7. The van der Waals surface area contributed by atoms with Gasteiger partial charge in [-0.05, 0) is 18.4 Å². The summed E-state index contributed by atoms with van der Waals surface area (Å²) in [5.41, 5.74) is 4.05. The zero-order valence-electron chi connectivity index (χ0n) is 18.3. The first kappa shape index (κ1) is 20.6. The van der Waals surface area contributed by atoms with Gasteiger partial charge in [0.25, 0.3) is 0 Å². The molecule has 1 saturated carbocycles. The Labute approximate surface area is 178 Å². The standard InChI is InChI=1S/C19H24N6O.C4H8/c1-3-5-16-14(6-4-7-21-16)15-12-22-25-13-17(26-2)19(23-18(15)25)24-10-8-20-9-11-24;1-4-2-3-4/h4,6-7,12-13,20H,3,5,8-11H2,1-2H3;4H,2-3H2,1H3. The highest BCUT2D eigenvalue weighted by Crippen LogP contribution is 2.32. The molecule has 160 valence electrons. The molecule has 30 heavy (non-hydrogen) atoms. The number of rotatable bonds is 5. The Morgan fingerprint density at radius 2 is 1.97 bits per heavy atom. The number of aryl methyl sites for hydroxylation is 1. The topological polar surface area (TPSA) is 67.6 Å². The minimum atomic E-state index is 0.744. The van der Waals surface area contributed by atoms with Crippen LogP contribution in [0.25, 0.3) is 16.8 Å². The highest BCUT2D eigenvalue weighted by molar-refractivity contribution is 5.80. The van der Waals surface area contributed by atoms with Crippen LogP contribution in [0.2, 0.25) is 0 Å². The molecule has 0 amide bonds. The SMILES string of the molecule is CC1CC1.CCCc1ncccc1-c1cnn2cc(OC)c(N3CCNCC3)nc12. The zero-order chi connectivity index (χ0) is 20.9. The summed E-state index contributed by atoms with van der Waals surface area (Å²) in [6.07, 6.45) is 10.6. The Balaban J connectivity index is 0.000000489. The van der Waals surface area contributed by atoms with E-state index in [0.717, 1.165) is 79.0 Å². The van der Waals surface area contributed by atoms with Crippen LogP contribution in [-0.4, -0.2) is 52.9 Å². The molecule has 1 saturated heterocycles. The Kier molecular flexibility index (Phi) is 6.47. The molecule has 5 rings (SSSR count). The molecule has 7 nitrogen and oxygen atoms in total. The molecule has 0 bridgehead atoms. The van der Waals surface area contributed by atoms with Crippen molar-refractivity contribution in [3.05, 3.63) is 36.4 Å². The number of anilines is 1. The van der Waals surface area contributed by atoms with E-state index in [1.165, 1.54) is 12.8 Å². The number of piperazine rings is 1. The molecule has 0 unspecified atom stereocenters. The normalized spacial score (nSPS) is 16.3. The van der Waals surface area contributed by atoms with E-state index < -0.39 is 0 Å². The predicted octanol–water partition coefficient (Wildman–Crippen LogP) is 3.58. The summed E-state index contributed by atoms with van der Waals surface area (Å²) in [6.45, 7) is 8.17. The number of aromatic nitrogens is 4. The second kappa shape index (κ2) is 9.43. The lowest BCUT2D eigenvalue weighted by molar-refractivity contribution is 0.407. The quantitative estimate of drug-likeness (QED) is 0.696. The van der Waals surface area contributed by atoms with Crippen molar-refractivity contribution >= 4 is 11.5 Å². The molecule has 0 aromatic carbocycles. The van der Waals surface area contributed by atoms with Gasteiger partial charge in [-0.25, -0.2) is 9.50 Å². The third-order valence-corrected chi connectivity index (χ3v) is 5.61. The zero-order valence-corrected chi connectivity index (χ0v) is 18.3. The lowest BCUT2D eigenvalue weighted by atomic mass is 10.0. The molecule has 2 aliphatic rings. The summed E-state index contributed by atoms with van der Waals surface area (Å²) < 4.78 is 7.38. The van der Waals surface area contributed by atoms with Crippen molar-refractivity contribution in [3.8, 4) is 16.9 Å². The van der Waals surface area contributed by atoms with Crippen LogP contribution < -0.4 is 15.0 Å². The summed E-state index contributed by atoms with van der Waals surface area (Å²) >= 11 is 0. The van der Waals surface area contributed by atoms with Gasteiger partial charge < -0.3 is 15.0 Å². The van der Waals surface area contributed by atoms with E-state index >= 15 is 0 Å². The Morgan fingerprint density at radius 3 is 2.63 bits per heavy atom. The number of methoxy groups -OCH3 is 1. The molecule has 1 aliphatic carbocycles. The Hall–Kier alpha value is -2.67. The fourth-order valence-corrected chi connectivity index (χ4v) is 3.61. The van der Waals surface area contributed by atoms with Crippen molar-refractivity contribution in [3.63, 3.8) is 0 Å². The lowest BCUT2D eigenvalue weighted by Gasteiger charge is -2.29. The molecule has 1 aliphatic heterocycles. The fraction of sp³-hybridized carbons (Fsp3) is 0.522. The summed E-state index contributed by atoms with van der Waals surface area (Å²) in [6, 6.07) is 4.07. The van der Waals surface area contributed by atoms with E-state index in [0.29, 0.717) is 0 Å². The number of hydrogen-bond acceptors (Lipinski definition) is 6. The smallest absolute Gasteiger partial charge is 0.179 e. The van der Waals surface area contributed by atoms with Crippen molar-refractivity contribution in [2.24, 2.45) is 5.92 Å². The molecule has 1 N–H and O–H groups in total. The van der Waals surface area contributed by atoms with Crippen molar-refractivity contribution in [1.82, 2.24) is 24.9 Å². The predicted molar refractivity (Wildman–Crippen MR) is 120 cm³/mol. The maximum Gasteiger partial charge on any atom is 0.179 e. The largest absolute Gasteiger partial charge is 0.491 e. The highest BCUT2D eigenvalue weighted by Gasteiger charge is 2.20. The number of pyridine rings is 1. The monoisotopic (exact) mass is 408 g/mol. The van der Waals surface area contributed by atoms with Crippen LogP contribution in [0.5, 0.6) is 5.75 Å². The van der Waals surface area contributed by atoms with Gasteiger partial charge in [0, 0.05) is 49.2 Å². The molecular formula is C23H32N6O. The van der Waals surface area contributed by atoms with Gasteiger partial charge in [-0.2, -0.15) is 5.10 Å². The van der Waals surface area contributed by atoms with Crippen LogP contribution in [-0.2, 0) is 6.42 Å². The van der Waals surface area contributed by atoms with Crippen LogP contribution >= 0.6 is 0 Å². The van der Waals surface area contributed by atoms with Gasteiger partial charge >= 0.3 is 0 Å². The Morgan fingerprint density at radius 1 is 1.20 bits per heavy atom. The van der Waals surface area contributed by atoms with Crippen LogP contribution in [0.4, 0.5) is 5.82 Å². The van der Waals surface area contributed by atoms with Gasteiger partial charge in [0.15, 0.2) is 17.2 Å². The summed E-state index contributed by atoms with van der Waals surface area (Å²) in [7, 11) is 1.68. The van der Waals surface area contributed by atoms with Crippen LogP contribution in [0.1, 0.15) is 38.8 Å². The maximum absolute atomic E-state index is 5.59. The second-order valence-corrected chi connectivity index (χ2v) is 8.13. The molecule has 4 heterocycles. The van der Waals surface area contributed by atoms with Crippen molar-refractivity contribution in [1.29, 1.82) is 0 Å².